The number of nitrogens with two attached hydrogens (primary N) is 1. The molecule has 0 radical (unpaired) electrons. The minimum absolute atomic E-state index is 0.584. The Morgan fingerprint density at radius 1 is 1.32 bits per heavy atom. The maximum absolute atomic E-state index is 5.70. The topological polar surface area (TPSA) is 47.3 Å². The highest BCUT2D eigenvalue weighted by Gasteiger charge is 2.08. The number of aryl methyl sites for hydroxylation is 2. The highest BCUT2D eigenvalue weighted by atomic mass is 16.5. The van der Waals surface area contributed by atoms with E-state index in [2.05, 4.69) is 38.2 Å². The molecular formula is C16H28N2O. The summed E-state index contributed by atoms with van der Waals surface area (Å²) in [6, 6.07) is 4.38. The molecule has 3 N–H and O–H groups in total. The Morgan fingerprint density at radius 2 is 2.05 bits per heavy atom. The van der Waals surface area contributed by atoms with Crippen LogP contribution in [0.1, 0.15) is 30.0 Å². The first kappa shape index (κ1) is 16.0. The van der Waals surface area contributed by atoms with Crippen LogP contribution in [-0.2, 0) is 6.42 Å². The summed E-state index contributed by atoms with van der Waals surface area (Å²) in [6.45, 7) is 9.15. The molecule has 0 spiro atoms. The number of hydrogen-bond donors (Lipinski definition) is 2. The van der Waals surface area contributed by atoms with Gasteiger partial charge in [-0.05, 0) is 56.9 Å². The van der Waals surface area contributed by atoms with Gasteiger partial charge >= 0.3 is 0 Å². The van der Waals surface area contributed by atoms with Gasteiger partial charge in [-0.2, -0.15) is 0 Å². The summed E-state index contributed by atoms with van der Waals surface area (Å²) in [5.41, 5.74) is 9.49. The lowest BCUT2D eigenvalue weighted by Crippen LogP contribution is -2.29. The SMILES string of the molecule is CCC(CN)CNCCc1cc(C)cc(C)c1OC. The van der Waals surface area contributed by atoms with Gasteiger partial charge in [0.25, 0.3) is 0 Å². The first-order valence-corrected chi connectivity index (χ1v) is 7.17. The average Bonchev–Trinajstić information content (AvgIpc) is 2.38. The van der Waals surface area contributed by atoms with Gasteiger partial charge in [-0.1, -0.05) is 31.0 Å². The highest BCUT2D eigenvalue weighted by Crippen LogP contribution is 2.25. The molecule has 0 heterocycles. The van der Waals surface area contributed by atoms with Crippen LogP contribution in [0.5, 0.6) is 5.75 Å². The van der Waals surface area contributed by atoms with Crippen LogP contribution < -0.4 is 15.8 Å². The molecule has 1 aromatic rings. The van der Waals surface area contributed by atoms with E-state index in [4.69, 9.17) is 10.5 Å². The van der Waals surface area contributed by atoms with Gasteiger partial charge in [-0.25, -0.2) is 0 Å². The lowest BCUT2D eigenvalue weighted by atomic mass is 10.0. The third-order valence-electron chi connectivity index (χ3n) is 3.61. The molecule has 1 atom stereocenters. The van der Waals surface area contributed by atoms with Gasteiger partial charge in [0.15, 0.2) is 0 Å². The Hall–Kier alpha value is -1.06. The van der Waals surface area contributed by atoms with Crippen LogP contribution in [0.4, 0.5) is 0 Å². The zero-order chi connectivity index (χ0) is 14.3. The molecule has 1 rings (SSSR count). The predicted octanol–water partition coefficient (Wildman–Crippen LogP) is 2.43. The minimum Gasteiger partial charge on any atom is -0.496 e. The fourth-order valence-electron chi connectivity index (χ4n) is 2.44. The van der Waals surface area contributed by atoms with Gasteiger partial charge in [-0.3, -0.25) is 0 Å². The zero-order valence-corrected chi connectivity index (χ0v) is 12.8. The number of rotatable bonds is 8. The second-order valence-corrected chi connectivity index (χ2v) is 5.24. The first-order valence-electron chi connectivity index (χ1n) is 7.17. The largest absolute Gasteiger partial charge is 0.496 e. The standard InChI is InChI=1S/C16H28N2O/c1-5-14(10-17)11-18-7-6-15-9-12(2)8-13(3)16(15)19-4/h8-9,14,18H,5-7,10-11,17H2,1-4H3. The molecule has 0 aliphatic carbocycles. The summed E-state index contributed by atoms with van der Waals surface area (Å²) in [5, 5.41) is 3.49. The first-order chi connectivity index (χ1) is 9.12. The lowest BCUT2D eigenvalue weighted by molar-refractivity contribution is 0.405. The van der Waals surface area contributed by atoms with Crippen molar-refractivity contribution < 1.29 is 4.74 Å². The third-order valence-corrected chi connectivity index (χ3v) is 3.61. The zero-order valence-electron chi connectivity index (χ0n) is 12.8. The van der Waals surface area contributed by atoms with Gasteiger partial charge in [0.2, 0.25) is 0 Å². The molecule has 1 unspecified atom stereocenters. The molecule has 0 bridgehead atoms. The summed E-state index contributed by atoms with van der Waals surface area (Å²) in [7, 11) is 1.75. The molecule has 108 valence electrons. The van der Waals surface area contributed by atoms with Crippen molar-refractivity contribution in [1.29, 1.82) is 0 Å². The van der Waals surface area contributed by atoms with Crippen LogP contribution in [-0.4, -0.2) is 26.7 Å². The second-order valence-electron chi connectivity index (χ2n) is 5.24. The summed E-state index contributed by atoms with van der Waals surface area (Å²) in [5.74, 6) is 1.61. The van der Waals surface area contributed by atoms with Crippen molar-refractivity contribution in [2.24, 2.45) is 11.7 Å². The number of benzene rings is 1. The van der Waals surface area contributed by atoms with Crippen molar-refractivity contribution in [1.82, 2.24) is 5.32 Å². The summed E-state index contributed by atoms with van der Waals surface area (Å²) in [4.78, 5) is 0. The van der Waals surface area contributed by atoms with E-state index in [1.807, 2.05) is 0 Å². The fraction of sp³-hybridized carbons (Fsp3) is 0.625. The number of ether oxygens (including phenoxy) is 1. The van der Waals surface area contributed by atoms with Gasteiger partial charge in [-0.15, -0.1) is 0 Å². The molecule has 0 amide bonds. The molecule has 1 aromatic carbocycles. The third kappa shape index (κ3) is 4.84. The molecule has 3 heteroatoms. The normalized spacial score (nSPS) is 12.5. The number of hydrogen-bond acceptors (Lipinski definition) is 3. The summed E-state index contributed by atoms with van der Waals surface area (Å²) >= 11 is 0. The predicted molar refractivity (Wildman–Crippen MR) is 81.9 cm³/mol. The highest BCUT2D eigenvalue weighted by molar-refractivity contribution is 5.43. The van der Waals surface area contributed by atoms with Gasteiger partial charge in [0, 0.05) is 0 Å². The van der Waals surface area contributed by atoms with Crippen LogP contribution in [0, 0.1) is 19.8 Å². The molecule has 0 aliphatic heterocycles. The van der Waals surface area contributed by atoms with Gasteiger partial charge in [0.1, 0.15) is 5.75 Å². The van der Waals surface area contributed by atoms with E-state index in [0.29, 0.717) is 5.92 Å². The maximum atomic E-state index is 5.70. The van der Waals surface area contributed by atoms with Gasteiger partial charge < -0.3 is 15.8 Å². The number of nitrogens with one attached hydrogen (secondary N) is 1. The van der Waals surface area contributed by atoms with Crippen LogP contribution in [0.3, 0.4) is 0 Å². The van der Waals surface area contributed by atoms with E-state index < -0.39 is 0 Å². The van der Waals surface area contributed by atoms with Gasteiger partial charge in [0.05, 0.1) is 7.11 Å². The fourth-order valence-corrected chi connectivity index (χ4v) is 2.44. The average molecular weight is 264 g/mol. The minimum atomic E-state index is 0.584. The quantitative estimate of drug-likeness (QED) is 0.709. The van der Waals surface area contributed by atoms with E-state index in [1.54, 1.807) is 7.11 Å². The Morgan fingerprint density at radius 3 is 2.63 bits per heavy atom. The molecule has 0 aromatic heterocycles. The van der Waals surface area contributed by atoms with Crippen LogP contribution in [0.25, 0.3) is 0 Å². The summed E-state index contributed by atoms with van der Waals surface area (Å²) < 4.78 is 5.50. The number of methoxy groups -OCH3 is 1. The van der Waals surface area contributed by atoms with Crippen molar-refractivity contribution in [2.45, 2.75) is 33.6 Å². The molecule has 0 aliphatic rings. The van der Waals surface area contributed by atoms with E-state index in [-0.39, 0.29) is 0 Å². The molecule has 0 fully saturated rings. The van der Waals surface area contributed by atoms with Crippen molar-refractivity contribution in [3.05, 3.63) is 28.8 Å². The monoisotopic (exact) mass is 264 g/mol. The Bertz CT molecular complexity index is 387. The van der Waals surface area contributed by atoms with Crippen LogP contribution in [0.15, 0.2) is 12.1 Å². The van der Waals surface area contributed by atoms with E-state index >= 15 is 0 Å². The molecule has 3 nitrogen and oxygen atoms in total. The van der Waals surface area contributed by atoms with Crippen molar-refractivity contribution in [3.63, 3.8) is 0 Å². The Labute approximate surface area is 117 Å². The van der Waals surface area contributed by atoms with Crippen LogP contribution >= 0.6 is 0 Å². The maximum Gasteiger partial charge on any atom is 0.125 e. The summed E-state index contributed by atoms with van der Waals surface area (Å²) in [6.07, 6.45) is 2.13. The lowest BCUT2D eigenvalue weighted by Gasteiger charge is -2.15. The van der Waals surface area contributed by atoms with Crippen molar-refractivity contribution >= 4 is 0 Å². The molecule has 19 heavy (non-hydrogen) atoms. The second kappa shape index (κ2) is 8.18. The van der Waals surface area contributed by atoms with Crippen molar-refractivity contribution in [2.75, 3.05) is 26.7 Å². The van der Waals surface area contributed by atoms with Crippen molar-refractivity contribution in [3.8, 4) is 5.75 Å². The van der Waals surface area contributed by atoms with E-state index in [1.165, 1.54) is 16.7 Å². The Balaban J connectivity index is 2.53. The Kier molecular flexibility index (Phi) is 6.89. The van der Waals surface area contributed by atoms with Crippen LogP contribution in [0.2, 0.25) is 0 Å². The van der Waals surface area contributed by atoms with E-state index in [9.17, 15) is 0 Å². The molecule has 0 saturated carbocycles. The van der Waals surface area contributed by atoms with E-state index in [0.717, 1.165) is 38.2 Å². The molecule has 0 saturated heterocycles. The smallest absolute Gasteiger partial charge is 0.125 e. The molecular weight excluding hydrogens is 236 g/mol.